The average Bonchev–Trinajstić information content (AvgIpc) is 2.93. The van der Waals surface area contributed by atoms with Crippen LogP contribution in [0.2, 0.25) is 0 Å². The number of nitriles is 2. The van der Waals surface area contributed by atoms with E-state index < -0.39 is 0 Å². The Morgan fingerprint density at radius 1 is 1.15 bits per heavy atom. The van der Waals surface area contributed by atoms with Crippen LogP contribution in [-0.4, -0.2) is 5.78 Å². The molecule has 5 nitrogen and oxygen atoms in total. The smallest absolute Gasteiger partial charge is 0.194 e. The molecule has 0 radical (unpaired) electrons. The molecule has 0 amide bonds. The van der Waals surface area contributed by atoms with Crippen molar-refractivity contribution in [1.82, 2.24) is 0 Å². The van der Waals surface area contributed by atoms with Crippen molar-refractivity contribution in [1.29, 1.82) is 10.5 Å². The van der Waals surface area contributed by atoms with E-state index in [4.69, 9.17) is 18.2 Å². The fourth-order valence-electron chi connectivity index (χ4n) is 2.82. The first-order chi connectivity index (χ1) is 12.5. The van der Waals surface area contributed by atoms with Crippen molar-refractivity contribution >= 4 is 57.2 Å². The summed E-state index contributed by atoms with van der Waals surface area (Å²) in [4.78, 5) is 12.9. The molecule has 1 aliphatic carbocycles. The Morgan fingerprint density at radius 3 is 2.42 bits per heavy atom. The summed E-state index contributed by atoms with van der Waals surface area (Å²) < 4.78 is 4.42. The summed E-state index contributed by atoms with van der Waals surface area (Å²) in [6.07, 6.45) is 1.57. The van der Waals surface area contributed by atoms with Crippen LogP contribution in [-0.2, 0) is 12.4 Å². The topological polar surface area (TPSA) is 103 Å². The minimum atomic E-state index is -0.268. The number of carbonyl (C=O) groups is 1. The molecule has 0 heterocycles. The minimum Gasteiger partial charge on any atom is -0.396 e. The van der Waals surface area contributed by atoms with E-state index in [0.29, 0.717) is 38.1 Å². The molecule has 124 valence electrons. The van der Waals surface area contributed by atoms with Crippen molar-refractivity contribution in [2.75, 3.05) is 5.73 Å². The summed E-state index contributed by atoms with van der Waals surface area (Å²) in [5.41, 5.74) is 8.65. The van der Waals surface area contributed by atoms with Crippen LogP contribution >= 0.6 is 15.9 Å². The van der Waals surface area contributed by atoms with Gasteiger partial charge in [0.05, 0.1) is 5.69 Å². The quantitative estimate of drug-likeness (QED) is 0.438. The van der Waals surface area contributed by atoms with Gasteiger partial charge >= 0.3 is 0 Å². The number of hydrogen-bond acceptors (Lipinski definition) is 6. The Morgan fingerprint density at radius 2 is 1.81 bits per heavy atom. The van der Waals surface area contributed by atoms with Gasteiger partial charge in [0.25, 0.3) is 0 Å². The molecule has 2 aromatic carbocycles. The maximum absolute atomic E-state index is 12.9. The van der Waals surface area contributed by atoms with Crippen LogP contribution in [0.3, 0.4) is 0 Å². The molecule has 0 spiro atoms. The van der Waals surface area contributed by atoms with Crippen LogP contribution in [0.25, 0.3) is 11.6 Å². The van der Waals surface area contributed by atoms with Gasteiger partial charge in [0.2, 0.25) is 0 Å². The highest BCUT2D eigenvalue weighted by Gasteiger charge is 2.32. The summed E-state index contributed by atoms with van der Waals surface area (Å²) in [6, 6.07) is 14.0. The van der Waals surface area contributed by atoms with E-state index in [2.05, 4.69) is 20.3 Å². The number of hydrogen-bond donors (Lipinski definition) is 1. The van der Waals surface area contributed by atoms with E-state index in [-0.39, 0.29) is 16.9 Å². The predicted molar refractivity (Wildman–Crippen MR) is 105 cm³/mol. The van der Waals surface area contributed by atoms with Crippen LogP contribution in [0.1, 0.15) is 21.5 Å². The maximum atomic E-state index is 12.9. The van der Waals surface area contributed by atoms with Crippen LogP contribution in [0.5, 0.6) is 0 Å². The van der Waals surface area contributed by atoms with Gasteiger partial charge in [-0.25, -0.2) is 0 Å². The highest BCUT2D eigenvalue weighted by molar-refractivity contribution is 9.10. The van der Waals surface area contributed by atoms with Crippen molar-refractivity contribution in [3.63, 3.8) is 0 Å². The molecule has 0 unspecified atom stereocenters. The van der Waals surface area contributed by atoms with Gasteiger partial charge in [-0.15, -0.1) is 0 Å². The van der Waals surface area contributed by atoms with E-state index in [1.807, 2.05) is 12.1 Å². The largest absolute Gasteiger partial charge is 0.396 e. The fourth-order valence-corrected chi connectivity index (χ4v) is 3.34. The van der Waals surface area contributed by atoms with E-state index in [9.17, 15) is 15.3 Å². The molecular formula is C19H9BrN4OS. The molecule has 3 rings (SSSR count). The number of nitrogens with two attached hydrogens (primary N) is 1. The normalized spacial score (nSPS) is 13.9. The SMILES string of the molecule is N#CC(C#N)=C1/C(=C/c2ccc(Br)c(N)c2N=S)C(=O)c2ccccc21. The number of carbonyl (C=O) groups excluding carboxylic acids is 1. The van der Waals surface area contributed by atoms with Crippen molar-refractivity contribution in [2.24, 2.45) is 4.36 Å². The number of anilines is 1. The van der Waals surface area contributed by atoms with Gasteiger partial charge in [-0.3, -0.25) is 4.79 Å². The number of allylic oxidation sites excluding steroid dienone is 3. The van der Waals surface area contributed by atoms with E-state index in [1.54, 1.807) is 42.5 Å². The number of ketones is 1. The van der Waals surface area contributed by atoms with Gasteiger partial charge < -0.3 is 5.73 Å². The number of benzene rings is 2. The predicted octanol–water partition coefficient (Wildman–Crippen LogP) is 4.47. The molecule has 0 fully saturated rings. The molecule has 7 heteroatoms. The lowest BCUT2D eigenvalue weighted by molar-refractivity contribution is 0.104. The second-order valence-corrected chi connectivity index (χ2v) is 6.43. The lowest BCUT2D eigenvalue weighted by atomic mass is 9.97. The number of nitrogens with zero attached hydrogens (tertiary/aromatic N) is 3. The van der Waals surface area contributed by atoms with Gasteiger partial charge in [0.15, 0.2) is 5.78 Å². The summed E-state index contributed by atoms with van der Waals surface area (Å²) in [5.74, 6) is -0.268. The Bertz CT molecular complexity index is 1100. The lowest BCUT2D eigenvalue weighted by Crippen LogP contribution is -1.97. The molecule has 1 aliphatic rings. The number of halogens is 1. The van der Waals surface area contributed by atoms with Crippen LogP contribution in [0, 0.1) is 22.7 Å². The molecule has 0 bridgehead atoms. The fraction of sp³-hybridized carbons (Fsp3) is 0. The zero-order chi connectivity index (χ0) is 18.8. The molecule has 0 atom stereocenters. The van der Waals surface area contributed by atoms with Crippen LogP contribution in [0.15, 0.2) is 56.4 Å². The summed E-state index contributed by atoms with van der Waals surface area (Å²) in [6.45, 7) is 0. The first-order valence-electron chi connectivity index (χ1n) is 7.35. The van der Waals surface area contributed by atoms with Crippen molar-refractivity contribution in [3.05, 3.63) is 68.7 Å². The first-order valence-corrected chi connectivity index (χ1v) is 8.51. The third kappa shape index (κ3) is 2.74. The van der Waals surface area contributed by atoms with E-state index in [0.717, 1.165) is 0 Å². The Labute approximate surface area is 163 Å². The number of fused-ring (bicyclic) bond motifs is 1. The minimum absolute atomic E-state index is 0.128. The van der Waals surface area contributed by atoms with Crippen molar-refractivity contribution < 1.29 is 4.79 Å². The summed E-state index contributed by atoms with van der Waals surface area (Å²) in [7, 11) is 0. The van der Waals surface area contributed by atoms with E-state index in [1.165, 1.54) is 0 Å². The Balaban J connectivity index is 2.34. The first kappa shape index (κ1) is 17.7. The zero-order valence-corrected chi connectivity index (χ0v) is 15.6. The highest BCUT2D eigenvalue weighted by Crippen LogP contribution is 2.42. The van der Waals surface area contributed by atoms with Crippen molar-refractivity contribution in [3.8, 4) is 12.1 Å². The van der Waals surface area contributed by atoms with Crippen molar-refractivity contribution in [2.45, 2.75) is 0 Å². The van der Waals surface area contributed by atoms with Gasteiger partial charge in [-0.2, -0.15) is 14.9 Å². The molecule has 26 heavy (non-hydrogen) atoms. The number of rotatable bonds is 2. The molecule has 0 saturated carbocycles. The molecular weight excluding hydrogens is 412 g/mol. The molecule has 0 aromatic heterocycles. The number of nitrogen functional groups attached to an aromatic ring is 1. The molecule has 0 aliphatic heterocycles. The monoisotopic (exact) mass is 420 g/mol. The summed E-state index contributed by atoms with van der Waals surface area (Å²) >= 11 is 8.12. The van der Waals surface area contributed by atoms with Gasteiger partial charge in [-0.1, -0.05) is 30.3 Å². The van der Waals surface area contributed by atoms with Gasteiger partial charge in [0.1, 0.15) is 23.4 Å². The zero-order valence-electron chi connectivity index (χ0n) is 13.2. The lowest BCUT2D eigenvalue weighted by Gasteiger charge is -2.07. The second-order valence-electron chi connectivity index (χ2n) is 5.40. The third-order valence-electron chi connectivity index (χ3n) is 4.01. The van der Waals surface area contributed by atoms with Gasteiger partial charge in [-0.05, 0) is 33.6 Å². The molecule has 0 saturated heterocycles. The maximum Gasteiger partial charge on any atom is 0.194 e. The standard InChI is InChI=1S/C19H9BrN4OS/c20-15-6-5-10(18(24-26)17(15)23)7-14-16(11(8-21)9-22)12-3-1-2-4-13(12)19(14)25/h1-7H,23H2/b14-7-. The average molecular weight is 421 g/mol. The highest BCUT2D eigenvalue weighted by atomic mass is 79.9. The van der Waals surface area contributed by atoms with Crippen LogP contribution < -0.4 is 5.73 Å². The Kier molecular flexibility index (Phi) is 4.77. The Hall–Kier alpha value is -3.13. The second kappa shape index (κ2) is 7.01. The van der Waals surface area contributed by atoms with Gasteiger partial charge in [0, 0.05) is 39.2 Å². The number of Topliss-reactive ketones (excluding diaryl/α,β-unsaturated/α-hetero) is 1. The van der Waals surface area contributed by atoms with Crippen LogP contribution in [0.4, 0.5) is 11.4 Å². The van der Waals surface area contributed by atoms with E-state index >= 15 is 0 Å². The molecule has 2 N–H and O–H groups in total. The third-order valence-corrected chi connectivity index (χ3v) is 4.89. The summed E-state index contributed by atoms with van der Waals surface area (Å²) in [5, 5.41) is 18.7. The molecule has 2 aromatic rings.